The highest BCUT2D eigenvalue weighted by atomic mass is 79.9. The number of halogens is 1. The first kappa shape index (κ1) is 16.5. The first-order chi connectivity index (χ1) is 12.7. The summed E-state index contributed by atoms with van der Waals surface area (Å²) in [6, 6.07) is 25.7. The Balaban J connectivity index is 1.70. The second-order valence-electron chi connectivity index (χ2n) is 5.94. The molecule has 3 nitrogen and oxygen atoms in total. The molecular formula is C22H15BrN2O. The van der Waals surface area contributed by atoms with E-state index in [2.05, 4.69) is 56.8 Å². The average Bonchev–Trinajstić information content (AvgIpc) is 2.68. The lowest BCUT2D eigenvalue weighted by Gasteiger charge is -2.08. The Morgan fingerprint density at radius 2 is 1.42 bits per heavy atom. The molecule has 0 heterocycles. The molecule has 1 amide bonds. The van der Waals surface area contributed by atoms with Gasteiger partial charge in [-0.3, -0.25) is 4.79 Å². The number of hydrazone groups is 1. The lowest BCUT2D eigenvalue weighted by Crippen LogP contribution is -2.17. The monoisotopic (exact) mass is 402 g/mol. The van der Waals surface area contributed by atoms with E-state index in [-0.39, 0.29) is 5.91 Å². The summed E-state index contributed by atoms with van der Waals surface area (Å²) in [5.74, 6) is -0.238. The zero-order valence-corrected chi connectivity index (χ0v) is 15.4. The Morgan fingerprint density at radius 3 is 2.04 bits per heavy atom. The minimum Gasteiger partial charge on any atom is -0.267 e. The molecule has 1 N–H and O–H groups in total. The topological polar surface area (TPSA) is 41.5 Å². The molecule has 0 aliphatic heterocycles. The van der Waals surface area contributed by atoms with Crippen LogP contribution in [0.25, 0.3) is 21.5 Å². The number of benzene rings is 4. The van der Waals surface area contributed by atoms with Crippen LogP contribution in [0.5, 0.6) is 0 Å². The molecule has 126 valence electrons. The molecule has 4 heteroatoms. The van der Waals surface area contributed by atoms with Crippen molar-refractivity contribution in [1.82, 2.24) is 5.43 Å². The lowest BCUT2D eigenvalue weighted by molar-refractivity contribution is 0.0955. The number of amides is 1. The van der Waals surface area contributed by atoms with Crippen LogP contribution in [0, 0.1) is 0 Å². The molecule has 0 bridgehead atoms. The quantitative estimate of drug-likeness (QED) is 0.273. The molecule has 0 radical (unpaired) electrons. The maximum absolute atomic E-state index is 12.2. The molecule has 26 heavy (non-hydrogen) atoms. The third-order valence-corrected chi connectivity index (χ3v) is 4.81. The van der Waals surface area contributed by atoms with E-state index in [1.54, 1.807) is 18.3 Å². The van der Waals surface area contributed by atoms with Crippen LogP contribution in [0.3, 0.4) is 0 Å². The highest BCUT2D eigenvalue weighted by Crippen LogP contribution is 2.27. The van der Waals surface area contributed by atoms with Gasteiger partial charge in [0, 0.05) is 15.6 Å². The van der Waals surface area contributed by atoms with Gasteiger partial charge < -0.3 is 0 Å². The maximum atomic E-state index is 12.2. The van der Waals surface area contributed by atoms with Crippen LogP contribution in [-0.4, -0.2) is 12.1 Å². The van der Waals surface area contributed by atoms with Crippen molar-refractivity contribution in [2.24, 2.45) is 5.10 Å². The number of rotatable bonds is 3. The smallest absolute Gasteiger partial charge is 0.267 e. The first-order valence-corrected chi connectivity index (χ1v) is 9.01. The minimum absolute atomic E-state index is 0.238. The van der Waals surface area contributed by atoms with Crippen molar-refractivity contribution < 1.29 is 4.79 Å². The highest BCUT2D eigenvalue weighted by Gasteiger charge is 2.06. The fraction of sp³-hybridized carbons (Fsp3) is 0. The van der Waals surface area contributed by atoms with E-state index >= 15 is 0 Å². The summed E-state index contributed by atoms with van der Waals surface area (Å²) in [5, 5.41) is 8.70. The molecule has 0 atom stereocenters. The zero-order valence-electron chi connectivity index (χ0n) is 13.8. The molecule has 4 rings (SSSR count). The van der Waals surface area contributed by atoms with Gasteiger partial charge in [0.05, 0.1) is 6.21 Å². The molecule has 4 aromatic carbocycles. The Bertz CT molecular complexity index is 1080. The van der Waals surface area contributed by atoms with Crippen molar-refractivity contribution in [3.63, 3.8) is 0 Å². The minimum atomic E-state index is -0.238. The normalized spacial score (nSPS) is 11.3. The maximum Gasteiger partial charge on any atom is 0.271 e. The van der Waals surface area contributed by atoms with Gasteiger partial charge in [-0.1, -0.05) is 64.5 Å². The molecule has 0 aromatic heterocycles. The van der Waals surface area contributed by atoms with E-state index in [9.17, 15) is 4.79 Å². The van der Waals surface area contributed by atoms with Gasteiger partial charge in [0.2, 0.25) is 0 Å². The third kappa shape index (κ3) is 3.24. The van der Waals surface area contributed by atoms with Crippen molar-refractivity contribution in [3.05, 3.63) is 94.5 Å². The molecule has 0 aliphatic rings. The van der Waals surface area contributed by atoms with Crippen molar-refractivity contribution >= 4 is 49.6 Å². The standard InChI is InChI=1S/C22H15BrN2O/c23-18-11-9-15(10-12-18)22(26)25-24-14-21-19-7-3-1-5-16(19)13-17-6-2-4-8-20(17)21/h1-14H,(H,25,26)/b24-14+. The second-order valence-corrected chi connectivity index (χ2v) is 6.85. The number of hydrogen-bond acceptors (Lipinski definition) is 2. The molecule has 0 aliphatic carbocycles. The summed E-state index contributed by atoms with van der Waals surface area (Å²) >= 11 is 3.36. The number of nitrogens with one attached hydrogen (secondary N) is 1. The Labute approximate surface area is 159 Å². The van der Waals surface area contributed by atoms with Crippen LogP contribution in [-0.2, 0) is 0 Å². The van der Waals surface area contributed by atoms with Crippen LogP contribution < -0.4 is 5.43 Å². The summed E-state index contributed by atoms with van der Waals surface area (Å²) in [6.07, 6.45) is 1.72. The second kappa shape index (κ2) is 7.10. The van der Waals surface area contributed by atoms with Crippen molar-refractivity contribution in [1.29, 1.82) is 0 Å². The molecule has 4 aromatic rings. The van der Waals surface area contributed by atoms with Crippen molar-refractivity contribution in [3.8, 4) is 0 Å². The van der Waals surface area contributed by atoms with Crippen molar-refractivity contribution in [2.75, 3.05) is 0 Å². The molecule has 0 saturated heterocycles. The van der Waals surface area contributed by atoms with Crippen molar-refractivity contribution in [2.45, 2.75) is 0 Å². The van der Waals surface area contributed by atoms with Gasteiger partial charge in [-0.25, -0.2) is 5.43 Å². The van der Waals surface area contributed by atoms with E-state index < -0.39 is 0 Å². The van der Waals surface area contributed by atoms with Gasteiger partial charge >= 0.3 is 0 Å². The third-order valence-electron chi connectivity index (χ3n) is 4.28. The summed E-state index contributed by atoms with van der Waals surface area (Å²) in [7, 11) is 0. The van der Waals surface area contributed by atoms with Gasteiger partial charge in [0.15, 0.2) is 0 Å². The molecule has 0 saturated carbocycles. The van der Waals surface area contributed by atoms with E-state index in [4.69, 9.17) is 0 Å². The predicted molar refractivity (Wildman–Crippen MR) is 111 cm³/mol. The SMILES string of the molecule is O=C(N/N=C/c1c2ccccc2cc2ccccc12)c1ccc(Br)cc1. The van der Waals surface area contributed by atoms with Gasteiger partial charge in [0.1, 0.15) is 0 Å². The Morgan fingerprint density at radius 1 is 0.846 bits per heavy atom. The molecular weight excluding hydrogens is 388 g/mol. The average molecular weight is 403 g/mol. The zero-order chi connectivity index (χ0) is 17.9. The van der Waals surface area contributed by atoms with Crippen LogP contribution in [0.15, 0.2) is 88.4 Å². The van der Waals surface area contributed by atoms with Crippen LogP contribution in [0.4, 0.5) is 0 Å². The van der Waals surface area contributed by atoms with E-state index in [1.807, 2.05) is 36.4 Å². The van der Waals surface area contributed by atoms with Gasteiger partial charge in [-0.2, -0.15) is 5.10 Å². The summed E-state index contributed by atoms with van der Waals surface area (Å²) in [5.41, 5.74) is 4.17. The molecule has 0 unspecified atom stereocenters. The first-order valence-electron chi connectivity index (χ1n) is 8.22. The number of carbonyl (C=O) groups is 1. The fourth-order valence-electron chi connectivity index (χ4n) is 3.01. The number of fused-ring (bicyclic) bond motifs is 2. The fourth-order valence-corrected chi connectivity index (χ4v) is 3.27. The largest absolute Gasteiger partial charge is 0.271 e. The highest BCUT2D eigenvalue weighted by molar-refractivity contribution is 9.10. The van der Waals surface area contributed by atoms with Gasteiger partial charge in [-0.05, 0) is 51.9 Å². The van der Waals surface area contributed by atoms with E-state index in [0.29, 0.717) is 5.56 Å². The van der Waals surface area contributed by atoms with Gasteiger partial charge in [0.25, 0.3) is 5.91 Å². The molecule has 0 fully saturated rings. The van der Waals surface area contributed by atoms with Crippen LogP contribution in [0.1, 0.15) is 15.9 Å². The Kier molecular flexibility index (Phi) is 4.50. The molecule has 0 spiro atoms. The van der Waals surface area contributed by atoms with Crippen LogP contribution in [0.2, 0.25) is 0 Å². The van der Waals surface area contributed by atoms with Crippen LogP contribution >= 0.6 is 15.9 Å². The van der Waals surface area contributed by atoms with E-state index in [0.717, 1.165) is 31.6 Å². The summed E-state index contributed by atoms with van der Waals surface area (Å²) in [6.45, 7) is 0. The predicted octanol–water partition coefficient (Wildman–Crippen LogP) is 5.52. The van der Waals surface area contributed by atoms with E-state index in [1.165, 1.54) is 0 Å². The summed E-state index contributed by atoms with van der Waals surface area (Å²) in [4.78, 5) is 12.2. The van der Waals surface area contributed by atoms with Gasteiger partial charge in [-0.15, -0.1) is 0 Å². The summed E-state index contributed by atoms with van der Waals surface area (Å²) < 4.78 is 0.930. The number of nitrogens with zero attached hydrogens (tertiary/aromatic N) is 1. The number of carbonyl (C=O) groups excluding carboxylic acids is 1. The lowest BCUT2D eigenvalue weighted by atomic mass is 9.97. The number of hydrogen-bond donors (Lipinski definition) is 1. The Hall–Kier alpha value is -2.98.